The monoisotopic (exact) mass is 498 g/mol. The first-order valence-corrected chi connectivity index (χ1v) is 12.4. The second-order valence-corrected chi connectivity index (χ2v) is 9.04. The van der Waals surface area contributed by atoms with Crippen molar-refractivity contribution in [2.24, 2.45) is 0 Å². The second-order valence-electron chi connectivity index (χ2n) is 8.26. The fraction of sp³-hybridized carbons (Fsp3) is 0.385. The van der Waals surface area contributed by atoms with Gasteiger partial charge in [0.25, 0.3) is 5.56 Å². The number of hydrogen-bond donors (Lipinski definition) is 0. The van der Waals surface area contributed by atoms with E-state index in [1.807, 2.05) is 29.6 Å². The minimum Gasteiger partial charge on any atom is -0.493 e. The fourth-order valence-electron chi connectivity index (χ4n) is 4.34. The molecule has 3 heterocycles. The summed E-state index contributed by atoms with van der Waals surface area (Å²) < 4.78 is 23.4. The first-order chi connectivity index (χ1) is 17.0. The lowest BCUT2D eigenvalue weighted by Crippen LogP contribution is -2.29. The molecule has 9 heteroatoms. The SMILES string of the molecule is COC(=O)c1c(OCCc2ccsc2)cc(=O)n2c1CCN(Cc1ccc(OC)c(OC)c1)CC2. The van der Waals surface area contributed by atoms with E-state index in [4.69, 9.17) is 18.9 Å². The predicted octanol–water partition coefficient (Wildman–Crippen LogP) is 3.39. The van der Waals surface area contributed by atoms with Crippen LogP contribution in [0.1, 0.15) is 27.2 Å². The molecule has 0 N–H and O–H groups in total. The van der Waals surface area contributed by atoms with E-state index in [0.717, 1.165) is 11.1 Å². The normalized spacial score (nSPS) is 13.6. The number of benzene rings is 1. The molecule has 0 fully saturated rings. The minimum atomic E-state index is -0.493. The Balaban J connectivity index is 1.54. The van der Waals surface area contributed by atoms with Crippen LogP contribution in [-0.4, -0.2) is 56.5 Å². The van der Waals surface area contributed by atoms with E-state index in [-0.39, 0.29) is 11.3 Å². The first kappa shape index (κ1) is 24.8. The zero-order valence-electron chi connectivity index (χ0n) is 20.2. The van der Waals surface area contributed by atoms with Gasteiger partial charge in [0.05, 0.1) is 27.9 Å². The van der Waals surface area contributed by atoms with Crippen molar-refractivity contribution in [3.8, 4) is 17.2 Å². The molecule has 4 rings (SSSR count). The molecular weight excluding hydrogens is 468 g/mol. The minimum absolute atomic E-state index is 0.175. The summed E-state index contributed by atoms with van der Waals surface area (Å²) in [7, 11) is 4.57. The quantitative estimate of drug-likeness (QED) is 0.419. The number of pyridine rings is 1. The van der Waals surface area contributed by atoms with Crippen LogP contribution in [-0.2, 0) is 30.7 Å². The molecule has 3 aromatic rings. The molecule has 0 radical (unpaired) electrons. The Bertz CT molecular complexity index is 1220. The van der Waals surface area contributed by atoms with Gasteiger partial charge in [-0.1, -0.05) is 6.07 Å². The van der Waals surface area contributed by atoms with E-state index < -0.39 is 5.97 Å². The summed E-state index contributed by atoms with van der Waals surface area (Å²) in [5, 5.41) is 4.07. The zero-order valence-corrected chi connectivity index (χ0v) is 21.1. The van der Waals surface area contributed by atoms with Crippen LogP contribution >= 0.6 is 11.3 Å². The number of methoxy groups -OCH3 is 3. The molecule has 0 saturated heterocycles. The molecule has 1 aliphatic rings. The van der Waals surface area contributed by atoms with E-state index in [0.29, 0.717) is 68.4 Å². The highest BCUT2D eigenvalue weighted by atomic mass is 32.1. The average molecular weight is 499 g/mol. The Morgan fingerprint density at radius 1 is 0.971 bits per heavy atom. The fourth-order valence-corrected chi connectivity index (χ4v) is 5.04. The van der Waals surface area contributed by atoms with Gasteiger partial charge in [-0.3, -0.25) is 9.69 Å². The van der Waals surface area contributed by atoms with E-state index in [1.54, 1.807) is 30.1 Å². The van der Waals surface area contributed by atoms with Crippen molar-refractivity contribution < 1.29 is 23.7 Å². The summed E-state index contributed by atoms with van der Waals surface area (Å²) in [4.78, 5) is 28.0. The Morgan fingerprint density at radius 2 is 1.80 bits per heavy atom. The van der Waals surface area contributed by atoms with Crippen molar-refractivity contribution >= 4 is 17.3 Å². The van der Waals surface area contributed by atoms with E-state index in [9.17, 15) is 9.59 Å². The highest BCUT2D eigenvalue weighted by Gasteiger charge is 2.26. The summed E-state index contributed by atoms with van der Waals surface area (Å²) in [5.41, 5.74) is 3.06. The maximum absolute atomic E-state index is 13.0. The first-order valence-electron chi connectivity index (χ1n) is 11.5. The zero-order chi connectivity index (χ0) is 24.8. The summed E-state index contributed by atoms with van der Waals surface area (Å²) >= 11 is 1.62. The maximum atomic E-state index is 13.0. The smallest absolute Gasteiger partial charge is 0.343 e. The highest BCUT2D eigenvalue weighted by molar-refractivity contribution is 7.07. The van der Waals surface area contributed by atoms with Gasteiger partial charge in [0, 0.05) is 50.8 Å². The summed E-state index contributed by atoms with van der Waals surface area (Å²) in [6, 6.07) is 9.30. The molecule has 0 atom stereocenters. The lowest BCUT2D eigenvalue weighted by molar-refractivity contribution is 0.0593. The second kappa shape index (κ2) is 11.4. The Hall–Kier alpha value is -3.30. The number of carbonyl (C=O) groups excluding carboxylic acids is 1. The molecule has 0 spiro atoms. The molecule has 8 nitrogen and oxygen atoms in total. The van der Waals surface area contributed by atoms with Crippen LogP contribution in [0, 0.1) is 0 Å². The van der Waals surface area contributed by atoms with Gasteiger partial charge < -0.3 is 23.5 Å². The molecule has 0 bridgehead atoms. The van der Waals surface area contributed by atoms with Gasteiger partial charge >= 0.3 is 5.97 Å². The third kappa shape index (κ3) is 5.68. The van der Waals surface area contributed by atoms with Crippen molar-refractivity contribution in [1.29, 1.82) is 0 Å². The number of rotatable bonds is 9. The highest BCUT2D eigenvalue weighted by Crippen LogP contribution is 2.29. The van der Waals surface area contributed by atoms with Crippen LogP contribution in [0.4, 0.5) is 0 Å². The third-order valence-corrected chi connectivity index (χ3v) is 6.89. The number of fused-ring (bicyclic) bond motifs is 1. The van der Waals surface area contributed by atoms with Gasteiger partial charge in [-0.2, -0.15) is 11.3 Å². The molecular formula is C26H30N2O6S. The molecule has 1 aliphatic heterocycles. The topological polar surface area (TPSA) is 79.2 Å². The molecule has 2 aromatic heterocycles. The largest absolute Gasteiger partial charge is 0.493 e. The van der Waals surface area contributed by atoms with E-state index in [2.05, 4.69) is 10.3 Å². The number of esters is 1. The molecule has 0 amide bonds. The van der Waals surface area contributed by atoms with Gasteiger partial charge in [0.2, 0.25) is 0 Å². The van der Waals surface area contributed by atoms with Crippen LogP contribution in [0.3, 0.4) is 0 Å². The Labute approximate surface area is 208 Å². The van der Waals surface area contributed by atoms with Gasteiger partial charge in [0.1, 0.15) is 11.3 Å². The van der Waals surface area contributed by atoms with Crippen LogP contribution in [0.5, 0.6) is 17.2 Å². The molecule has 1 aromatic carbocycles. The van der Waals surface area contributed by atoms with Crippen molar-refractivity contribution in [2.75, 3.05) is 41.0 Å². The van der Waals surface area contributed by atoms with E-state index >= 15 is 0 Å². The number of thiophene rings is 1. The van der Waals surface area contributed by atoms with Crippen molar-refractivity contribution in [3.63, 3.8) is 0 Å². The van der Waals surface area contributed by atoms with Crippen molar-refractivity contribution in [3.05, 3.63) is 73.8 Å². The summed E-state index contributed by atoms with van der Waals surface area (Å²) in [5.74, 6) is 1.15. The lowest BCUT2D eigenvalue weighted by Gasteiger charge is -2.20. The van der Waals surface area contributed by atoms with Gasteiger partial charge in [-0.15, -0.1) is 0 Å². The van der Waals surface area contributed by atoms with Gasteiger partial charge in [-0.25, -0.2) is 4.79 Å². The van der Waals surface area contributed by atoms with Crippen LogP contribution in [0.2, 0.25) is 0 Å². The number of nitrogens with zero attached hydrogens (tertiary/aromatic N) is 2. The molecule has 35 heavy (non-hydrogen) atoms. The third-order valence-electron chi connectivity index (χ3n) is 6.16. The van der Waals surface area contributed by atoms with Gasteiger partial charge in [-0.05, 0) is 40.1 Å². The van der Waals surface area contributed by atoms with Crippen LogP contribution in [0.25, 0.3) is 0 Å². The molecule has 0 saturated carbocycles. The van der Waals surface area contributed by atoms with Crippen LogP contribution in [0.15, 0.2) is 45.9 Å². The standard InChI is InChI=1S/C26H30N2O6S/c1-31-21-5-4-19(14-22(21)32-2)16-27-9-6-20-25(26(30)33-3)23(15-24(29)28(20)11-10-27)34-12-7-18-8-13-35-17-18/h4-5,8,13-15,17H,6-7,9-12,16H2,1-3H3. The lowest BCUT2D eigenvalue weighted by atomic mass is 10.1. The molecule has 0 aliphatic carbocycles. The number of aromatic nitrogens is 1. The summed E-state index contributed by atoms with van der Waals surface area (Å²) in [6.07, 6.45) is 1.22. The van der Waals surface area contributed by atoms with E-state index in [1.165, 1.54) is 13.2 Å². The Kier molecular flexibility index (Phi) is 8.09. The summed E-state index contributed by atoms with van der Waals surface area (Å²) in [6.45, 7) is 2.87. The number of carbonyl (C=O) groups is 1. The Morgan fingerprint density at radius 3 is 2.51 bits per heavy atom. The molecule has 186 valence electrons. The van der Waals surface area contributed by atoms with Crippen molar-refractivity contribution in [1.82, 2.24) is 9.47 Å². The average Bonchev–Trinajstić information content (AvgIpc) is 3.30. The maximum Gasteiger partial charge on any atom is 0.343 e. The van der Waals surface area contributed by atoms with Gasteiger partial charge in [0.15, 0.2) is 11.5 Å². The number of hydrogen-bond acceptors (Lipinski definition) is 8. The number of ether oxygens (including phenoxy) is 4. The van der Waals surface area contributed by atoms with Crippen LogP contribution < -0.4 is 19.8 Å². The molecule has 0 unspecified atom stereocenters. The predicted molar refractivity (Wildman–Crippen MR) is 134 cm³/mol. The van der Waals surface area contributed by atoms with Crippen molar-refractivity contribution in [2.45, 2.75) is 25.9 Å².